The van der Waals surface area contributed by atoms with Crippen LogP contribution in [-0.2, 0) is 0 Å². The van der Waals surface area contributed by atoms with Gasteiger partial charge in [0.05, 0.1) is 0 Å². The van der Waals surface area contributed by atoms with Crippen molar-refractivity contribution in [2.24, 2.45) is 0 Å². The van der Waals surface area contributed by atoms with E-state index in [9.17, 15) is 0 Å². The maximum atomic E-state index is 3.87. The van der Waals surface area contributed by atoms with Crippen LogP contribution < -0.4 is 0 Å². The van der Waals surface area contributed by atoms with Crippen molar-refractivity contribution in [3.63, 3.8) is 0 Å². The van der Waals surface area contributed by atoms with E-state index < -0.39 is 0 Å². The zero-order chi connectivity index (χ0) is 7.94. The molecule has 0 saturated carbocycles. The summed E-state index contributed by atoms with van der Waals surface area (Å²) >= 11 is 0. The van der Waals surface area contributed by atoms with E-state index >= 15 is 0 Å². The maximum absolute atomic E-state index is 3.87. The summed E-state index contributed by atoms with van der Waals surface area (Å²) in [5.74, 6) is 0. The highest BCUT2D eigenvalue weighted by Crippen LogP contribution is 2.20. The molecule has 0 heteroatoms. The Bertz CT molecular complexity index is 122. The third-order valence-electron chi connectivity index (χ3n) is 2.38. The summed E-state index contributed by atoms with van der Waals surface area (Å²) < 4.78 is 0. The zero-order valence-corrected chi connectivity index (χ0v) is 7.44. The maximum Gasteiger partial charge on any atom is -0.0320 e. The third kappa shape index (κ3) is 3.60. The van der Waals surface area contributed by atoms with Crippen LogP contribution in [0.2, 0.25) is 0 Å². The molecule has 0 atom stereocenters. The minimum Gasteiger partial charge on any atom is -0.0853 e. The van der Waals surface area contributed by atoms with Gasteiger partial charge in [-0.3, -0.25) is 0 Å². The summed E-state index contributed by atoms with van der Waals surface area (Å²) in [6.45, 7) is 3.87. The van der Waals surface area contributed by atoms with Crippen LogP contribution >= 0.6 is 0 Å². The normalized spacial score (nSPS) is 19.2. The molecule has 0 spiro atoms. The lowest BCUT2D eigenvalue weighted by Gasteiger charge is -2.02. The molecule has 0 amide bonds. The van der Waals surface area contributed by atoms with Crippen LogP contribution in [0.3, 0.4) is 0 Å². The number of hydrogen-bond donors (Lipinski definition) is 0. The predicted molar refractivity (Wildman–Crippen MR) is 50.4 cm³/mol. The molecule has 0 bridgehead atoms. The molecular formula is C11H19. The highest BCUT2D eigenvalue weighted by molar-refractivity contribution is 5.03. The number of allylic oxidation sites excluding steroid dienone is 2. The van der Waals surface area contributed by atoms with Crippen molar-refractivity contribution in [3.8, 4) is 0 Å². The van der Waals surface area contributed by atoms with Gasteiger partial charge in [0.15, 0.2) is 0 Å². The van der Waals surface area contributed by atoms with Crippen LogP contribution in [0.4, 0.5) is 0 Å². The molecule has 0 fully saturated rings. The first kappa shape index (κ1) is 8.83. The third-order valence-corrected chi connectivity index (χ3v) is 2.38. The van der Waals surface area contributed by atoms with Gasteiger partial charge >= 0.3 is 0 Å². The second-order valence-corrected chi connectivity index (χ2v) is 3.42. The average molecular weight is 151 g/mol. The van der Waals surface area contributed by atoms with E-state index in [4.69, 9.17) is 0 Å². The van der Waals surface area contributed by atoms with E-state index in [1.54, 1.807) is 5.57 Å². The second-order valence-electron chi connectivity index (χ2n) is 3.42. The Morgan fingerprint density at radius 3 is 3.00 bits per heavy atom. The molecule has 11 heavy (non-hydrogen) atoms. The van der Waals surface area contributed by atoms with Crippen molar-refractivity contribution in [3.05, 3.63) is 18.6 Å². The predicted octanol–water partition coefficient (Wildman–Crippen LogP) is 3.88. The van der Waals surface area contributed by atoms with Crippen molar-refractivity contribution in [2.75, 3.05) is 0 Å². The molecule has 0 aromatic carbocycles. The summed E-state index contributed by atoms with van der Waals surface area (Å²) in [6.07, 6.45) is 13.1. The van der Waals surface area contributed by atoms with Gasteiger partial charge in [0.25, 0.3) is 0 Å². The fourth-order valence-corrected chi connectivity index (χ4v) is 1.66. The molecule has 0 saturated heterocycles. The Labute approximate surface area is 70.7 Å². The number of unbranched alkanes of at least 4 members (excludes halogenated alkanes) is 1. The van der Waals surface area contributed by atoms with Crippen LogP contribution in [0.5, 0.6) is 0 Å². The molecule has 0 aromatic heterocycles. The monoisotopic (exact) mass is 151 g/mol. The quantitative estimate of drug-likeness (QED) is 0.537. The highest BCUT2D eigenvalue weighted by atomic mass is 14.1. The van der Waals surface area contributed by atoms with E-state index in [0.29, 0.717) is 0 Å². The Balaban J connectivity index is 2.23. The summed E-state index contributed by atoms with van der Waals surface area (Å²) in [4.78, 5) is 0. The molecule has 1 rings (SSSR count). The van der Waals surface area contributed by atoms with Gasteiger partial charge in [-0.2, -0.15) is 0 Å². The van der Waals surface area contributed by atoms with Crippen LogP contribution in [0, 0.1) is 6.92 Å². The van der Waals surface area contributed by atoms with Gasteiger partial charge in [0, 0.05) is 0 Å². The smallest absolute Gasteiger partial charge is 0.0320 e. The van der Waals surface area contributed by atoms with Crippen LogP contribution in [-0.4, -0.2) is 0 Å². The van der Waals surface area contributed by atoms with Gasteiger partial charge in [-0.25, -0.2) is 0 Å². The van der Waals surface area contributed by atoms with E-state index in [1.165, 1.54) is 44.9 Å². The van der Waals surface area contributed by atoms with Gasteiger partial charge in [0.2, 0.25) is 0 Å². The first-order valence-electron chi connectivity index (χ1n) is 4.90. The second kappa shape index (κ2) is 5.40. The van der Waals surface area contributed by atoms with Crippen molar-refractivity contribution in [1.82, 2.24) is 0 Å². The SMILES string of the molecule is [CH2]CCCC1=CCCCCC1. The van der Waals surface area contributed by atoms with Crippen molar-refractivity contribution in [2.45, 2.75) is 51.4 Å². The standard InChI is InChI=1S/C11H19/c1-2-3-8-11-9-6-4-5-7-10-11/h9H,1-8,10H2. The zero-order valence-electron chi connectivity index (χ0n) is 7.44. The summed E-state index contributed by atoms with van der Waals surface area (Å²) in [5.41, 5.74) is 1.70. The highest BCUT2D eigenvalue weighted by Gasteiger charge is 2.01. The fourth-order valence-electron chi connectivity index (χ4n) is 1.66. The molecule has 0 aliphatic heterocycles. The van der Waals surface area contributed by atoms with Crippen LogP contribution in [0.1, 0.15) is 51.4 Å². The molecule has 0 unspecified atom stereocenters. The Morgan fingerprint density at radius 2 is 2.18 bits per heavy atom. The van der Waals surface area contributed by atoms with E-state index in [0.717, 1.165) is 6.42 Å². The lowest BCUT2D eigenvalue weighted by molar-refractivity contribution is 0.695. The Kier molecular flexibility index (Phi) is 4.33. The van der Waals surface area contributed by atoms with Gasteiger partial charge in [0.1, 0.15) is 0 Å². The van der Waals surface area contributed by atoms with Gasteiger partial charge in [-0.15, -0.1) is 0 Å². The van der Waals surface area contributed by atoms with Crippen molar-refractivity contribution < 1.29 is 0 Å². The van der Waals surface area contributed by atoms with Crippen LogP contribution in [0.15, 0.2) is 11.6 Å². The topological polar surface area (TPSA) is 0 Å². The number of rotatable bonds is 3. The van der Waals surface area contributed by atoms with Gasteiger partial charge < -0.3 is 0 Å². The van der Waals surface area contributed by atoms with Crippen LogP contribution in [0.25, 0.3) is 0 Å². The Hall–Kier alpha value is -0.260. The van der Waals surface area contributed by atoms with Gasteiger partial charge in [-0.05, 0) is 38.5 Å². The van der Waals surface area contributed by atoms with E-state index in [1.807, 2.05) is 0 Å². The first-order chi connectivity index (χ1) is 5.43. The van der Waals surface area contributed by atoms with E-state index in [-0.39, 0.29) is 0 Å². The first-order valence-corrected chi connectivity index (χ1v) is 4.90. The molecule has 0 nitrogen and oxygen atoms in total. The molecule has 0 N–H and O–H groups in total. The minimum atomic E-state index is 1.09. The summed E-state index contributed by atoms with van der Waals surface area (Å²) in [5, 5.41) is 0. The molecule has 0 heterocycles. The fraction of sp³-hybridized carbons (Fsp3) is 0.727. The lowest BCUT2D eigenvalue weighted by Crippen LogP contribution is -1.82. The van der Waals surface area contributed by atoms with Crippen molar-refractivity contribution in [1.29, 1.82) is 0 Å². The van der Waals surface area contributed by atoms with E-state index in [2.05, 4.69) is 13.0 Å². The molecular weight excluding hydrogens is 132 g/mol. The Morgan fingerprint density at radius 1 is 1.27 bits per heavy atom. The summed E-state index contributed by atoms with van der Waals surface area (Å²) in [7, 11) is 0. The number of hydrogen-bond acceptors (Lipinski definition) is 0. The molecule has 0 aromatic rings. The minimum absolute atomic E-state index is 1.09. The molecule has 1 aliphatic rings. The lowest BCUT2D eigenvalue weighted by atomic mass is 10.0. The largest absolute Gasteiger partial charge is 0.0853 e. The molecule has 1 radical (unpaired) electrons. The van der Waals surface area contributed by atoms with Crippen molar-refractivity contribution >= 4 is 0 Å². The molecule has 63 valence electrons. The summed E-state index contributed by atoms with van der Waals surface area (Å²) in [6, 6.07) is 0. The average Bonchev–Trinajstić information content (AvgIpc) is 2.28. The molecule has 1 aliphatic carbocycles. The van der Waals surface area contributed by atoms with Gasteiger partial charge in [-0.1, -0.05) is 31.4 Å².